The molecule has 1 aromatic heterocycles. The smallest absolute Gasteiger partial charge is 0.664 e. The van der Waals surface area contributed by atoms with Crippen molar-refractivity contribution in [2.75, 3.05) is 18.1 Å². The van der Waals surface area contributed by atoms with Crippen LogP contribution in [-0.4, -0.2) is 34.5 Å². The molecular weight excluding hydrogens is 701 g/mol. The Balaban J connectivity index is 0.000000353. The zero-order valence-electron chi connectivity index (χ0n) is 29.1. The first-order valence-corrected chi connectivity index (χ1v) is 22.3. The van der Waals surface area contributed by atoms with Gasteiger partial charge in [-0.1, -0.05) is 112 Å². The van der Waals surface area contributed by atoms with Gasteiger partial charge in [0.05, 0.1) is 11.6 Å². The van der Waals surface area contributed by atoms with Crippen molar-refractivity contribution in [2.24, 2.45) is 0 Å². The minimum atomic E-state index is -2.22. The van der Waals surface area contributed by atoms with Crippen LogP contribution in [0.25, 0.3) is 15.4 Å². The number of anilines is 2. The van der Waals surface area contributed by atoms with Crippen molar-refractivity contribution in [2.45, 2.75) is 58.5 Å². The van der Waals surface area contributed by atoms with Gasteiger partial charge in [-0.15, -0.1) is 18.7 Å². The Labute approximate surface area is 304 Å². The molecule has 0 radical (unpaired) electrons. The average molecular weight is 744 g/mol. The van der Waals surface area contributed by atoms with Crippen LogP contribution in [-0.2, 0) is 27.1 Å². The molecule has 258 valence electrons. The summed E-state index contributed by atoms with van der Waals surface area (Å²) in [5.41, 5.74) is 5.30. The van der Waals surface area contributed by atoms with E-state index in [-0.39, 0.29) is 32.8 Å². The Morgan fingerprint density at radius 1 is 0.673 bits per heavy atom. The second-order valence-corrected chi connectivity index (χ2v) is 22.8. The van der Waals surface area contributed by atoms with Gasteiger partial charge < -0.3 is 20.4 Å². The molecule has 0 fully saturated rings. The molecule has 0 saturated carbocycles. The third-order valence-corrected chi connectivity index (χ3v) is 9.07. The summed E-state index contributed by atoms with van der Waals surface area (Å²) in [6.45, 7) is 18.9. The summed E-state index contributed by atoms with van der Waals surface area (Å²) < 4.78 is 67.8. The molecule has 5 nitrogen and oxygen atoms in total. The molecule has 0 bridgehead atoms. The molecule has 4 rings (SSSR count). The van der Waals surface area contributed by atoms with E-state index in [1.807, 2.05) is 12.3 Å². The Hall–Kier alpha value is -3.13. The predicted molar refractivity (Wildman–Crippen MR) is 191 cm³/mol. The molecule has 49 heavy (non-hydrogen) atoms. The maximum absolute atomic E-state index is 13.9. The van der Waals surface area contributed by atoms with E-state index in [0.29, 0.717) is 11.4 Å². The van der Waals surface area contributed by atoms with Crippen LogP contribution in [0.4, 0.5) is 33.3 Å². The van der Waals surface area contributed by atoms with Crippen LogP contribution < -0.4 is 5.01 Å². The standard InChI is InChI=1S/C21H13F5N2.C15H29N3Si2.Ti/c1-13(12-16-17(22)19(24)21(26)20(25)18(16)23)27-28(14-8-4-2-5-9-14)15-10-6-3-7-11-15;1-15(12-17-19(2,3)4,13-18-20(5,6)7)14-10-8-9-11-16-14;/h2-11H,1H3;8-11H,12-13H2,1-7H3;/q2*-2;+4. The minimum absolute atomic E-state index is 0. The van der Waals surface area contributed by atoms with E-state index < -0.39 is 51.1 Å². The van der Waals surface area contributed by atoms with Crippen molar-refractivity contribution in [1.82, 2.24) is 4.98 Å². The number of nitrogens with zero attached hydrogens (tertiary/aromatic N) is 5. The zero-order chi connectivity index (χ0) is 35.7. The quantitative estimate of drug-likeness (QED) is 0.0362. The molecule has 0 aliphatic carbocycles. The summed E-state index contributed by atoms with van der Waals surface area (Å²) in [6.07, 6.45) is 4.04. The molecular formula is C36H42F5N5Si2Ti. The molecule has 0 amide bonds. The van der Waals surface area contributed by atoms with Crippen LogP contribution in [0.3, 0.4) is 0 Å². The summed E-state index contributed by atoms with van der Waals surface area (Å²) in [6, 6.07) is 23.8. The van der Waals surface area contributed by atoms with Crippen molar-refractivity contribution >= 4 is 27.8 Å². The van der Waals surface area contributed by atoms with Gasteiger partial charge in [-0.2, -0.15) is 6.08 Å². The van der Waals surface area contributed by atoms with Crippen LogP contribution in [0, 0.1) is 35.2 Å². The second-order valence-electron chi connectivity index (χ2n) is 13.5. The third-order valence-electron chi connectivity index (χ3n) is 6.86. The Bertz CT molecular complexity index is 1570. The van der Waals surface area contributed by atoms with E-state index in [1.54, 1.807) is 60.7 Å². The van der Waals surface area contributed by atoms with Crippen LogP contribution in [0.1, 0.15) is 25.1 Å². The molecule has 0 atom stereocenters. The van der Waals surface area contributed by atoms with Crippen LogP contribution in [0.5, 0.6) is 0 Å². The number of para-hydroxylation sites is 2. The van der Waals surface area contributed by atoms with Gasteiger partial charge in [0.15, 0.2) is 5.82 Å². The largest absolute Gasteiger partial charge is 4.00 e. The number of rotatable bonds is 12. The fraction of sp³-hybridized carbons (Fsp3) is 0.306. The first-order valence-electron chi connectivity index (χ1n) is 15.4. The third kappa shape index (κ3) is 12.6. The fourth-order valence-electron chi connectivity index (χ4n) is 4.23. The van der Waals surface area contributed by atoms with Gasteiger partial charge in [-0.3, -0.25) is 13.8 Å². The van der Waals surface area contributed by atoms with Gasteiger partial charge in [0.2, 0.25) is 0 Å². The second kappa shape index (κ2) is 18.2. The average Bonchev–Trinajstić information content (AvgIpc) is 3.06. The maximum Gasteiger partial charge on any atom is 4.00 e. The molecule has 13 heteroatoms. The summed E-state index contributed by atoms with van der Waals surface area (Å²) in [4.78, 5) is 14.5. The fourth-order valence-corrected chi connectivity index (χ4v) is 5.88. The van der Waals surface area contributed by atoms with E-state index >= 15 is 0 Å². The number of halogens is 5. The van der Waals surface area contributed by atoms with E-state index in [2.05, 4.69) is 74.8 Å². The van der Waals surface area contributed by atoms with E-state index in [1.165, 1.54) is 11.9 Å². The van der Waals surface area contributed by atoms with E-state index in [4.69, 9.17) is 9.96 Å². The normalized spacial score (nSPS) is 12.1. The summed E-state index contributed by atoms with van der Waals surface area (Å²) in [5, 5.41) is 1.47. The molecule has 0 saturated heterocycles. The Morgan fingerprint density at radius 3 is 1.47 bits per heavy atom. The molecule has 0 aliphatic rings. The number of aromatic nitrogens is 1. The van der Waals surface area contributed by atoms with Crippen LogP contribution >= 0.6 is 0 Å². The number of pyridine rings is 1. The molecule has 0 unspecified atom stereocenters. The van der Waals surface area contributed by atoms with Gasteiger partial charge in [0.25, 0.3) is 0 Å². The SMILES string of the molecule is CC(=[C-]c1c(F)c(F)c(F)c(F)c1F)[N-]N(c1ccccc1)c1ccccc1.CC(C[N-][Si](C)(C)C)(C[N-][Si](C)(C)C)c1ccccn1.[Ti+4]. The van der Waals surface area contributed by atoms with Crippen LogP contribution in [0.15, 0.2) is 90.8 Å². The van der Waals surface area contributed by atoms with Crippen molar-refractivity contribution < 1.29 is 43.7 Å². The predicted octanol–water partition coefficient (Wildman–Crippen LogP) is 11.3. The summed E-state index contributed by atoms with van der Waals surface area (Å²) in [7, 11) is -2.82. The summed E-state index contributed by atoms with van der Waals surface area (Å²) >= 11 is 0. The van der Waals surface area contributed by atoms with Gasteiger partial charge in [0, 0.05) is 23.3 Å². The van der Waals surface area contributed by atoms with Gasteiger partial charge in [-0.05, 0) is 41.8 Å². The van der Waals surface area contributed by atoms with Crippen molar-refractivity contribution in [3.05, 3.63) is 153 Å². The number of hydrogen-bond donors (Lipinski definition) is 0. The van der Waals surface area contributed by atoms with E-state index in [9.17, 15) is 22.0 Å². The van der Waals surface area contributed by atoms with Crippen molar-refractivity contribution in [1.29, 1.82) is 0 Å². The molecule has 0 spiro atoms. The maximum atomic E-state index is 13.9. The number of allylic oxidation sites excluding steroid dienone is 1. The van der Waals surface area contributed by atoms with Gasteiger partial charge >= 0.3 is 21.7 Å². The first-order chi connectivity index (χ1) is 22.4. The minimum Gasteiger partial charge on any atom is -0.664 e. The monoisotopic (exact) mass is 743 g/mol. The Morgan fingerprint density at radius 2 is 1.08 bits per heavy atom. The Kier molecular flexibility index (Phi) is 15.6. The number of hydrogen-bond acceptors (Lipinski definition) is 2. The molecule has 1 heterocycles. The molecule has 4 aromatic rings. The van der Waals surface area contributed by atoms with E-state index in [0.717, 1.165) is 18.8 Å². The first kappa shape index (κ1) is 42.0. The molecule has 3 aromatic carbocycles. The van der Waals surface area contributed by atoms with Gasteiger partial charge in [0.1, 0.15) is 11.6 Å². The van der Waals surface area contributed by atoms with Crippen molar-refractivity contribution in [3.63, 3.8) is 0 Å². The zero-order valence-corrected chi connectivity index (χ0v) is 32.7. The molecule has 0 aliphatic heterocycles. The van der Waals surface area contributed by atoms with Crippen LogP contribution in [0.2, 0.25) is 39.3 Å². The molecule has 0 N–H and O–H groups in total. The van der Waals surface area contributed by atoms with Gasteiger partial charge in [-0.25, -0.2) is 18.9 Å². The topological polar surface area (TPSA) is 58.4 Å². The summed E-state index contributed by atoms with van der Waals surface area (Å²) in [5.74, 6) is -10.2. The number of benzene rings is 3. The van der Waals surface area contributed by atoms with Crippen molar-refractivity contribution in [3.8, 4) is 0 Å².